The quantitative estimate of drug-likeness (QED) is 0.889. The molecule has 1 N–H and O–H groups in total. The van der Waals surface area contributed by atoms with Crippen LogP contribution < -0.4 is 5.32 Å². The summed E-state index contributed by atoms with van der Waals surface area (Å²) in [5.74, 6) is 1.06. The number of hydrogen-bond donors (Lipinski definition) is 1. The van der Waals surface area contributed by atoms with Gasteiger partial charge in [0.05, 0.1) is 12.2 Å². The van der Waals surface area contributed by atoms with E-state index in [1.54, 1.807) is 0 Å². The first-order valence-corrected chi connectivity index (χ1v) is 6.94. The van der Waals surface area contributed by atoms with E-state index < -0.39 is 0 Å². The topological polar surface area (TPSA) is 34.2 Å². The van der Waals surface area contributed by atoms with Gasteiger partial charge >= 0.3 is 0 Å². The van der Waals surface area contributed by atoms with E-state index >= 15 is 0 Å². The van der Waals surface area contributed by atoms with E-state index in [1.165, 1.54) is 5.56 Å². The summed E-state index contributed by atoms with van der Waals surface area (Å²) in [6, 6.07) is 4.50. The molecule has 3 heteroatoms. The SMILES string of the molecule is CCNC(c1cccnc1)C1C(C)OC(C)C1C. The van der Waals surface area contributed by atoms with E-state index in [4.69, 9.17) is 4.74 Å². The van der Waals surface area contributed by atoms with Gasteiger partial charge in [-0.3, -0.25) is 4.98 Å². The van der Waals surface area contributed by atoms with E-state index in [1.807, 2.05) is 18.5 Å². The smallest absolute Gasteiger partial charge is 0.0600 e. The van der Waals surface area contributed by atoms with Gasteiger partial charge in [0.15, 0.2) is 0 Å². The van der Waals surface area contributed by atoms with E-state index in [9.17, 15) is 0 Å². The van der Waals surface area contributed by atoms with Gasteiger partial charge in [-0.15, -0.1) is 0 Å². The lowest BCUT2D eigenvalue weighted by Gasteiger charge is -2.29. The average Bonchev–Trinajstić information content (AvgIpc) is 2.62. The molecule has 1 aliphatic heterocycles. The molecular weight excluding hydrogens is 224 g/mol. The fourth-order valence-corrected chi connectivity index (χ4v) is 3.12. The first kappa shape index (κ1) is 13.5. The number of ether oxygens (including phenoxy) is 1. The molecule has 2 rings (SSSR count). The summed E-state index contributed by atoms with van der Waals surface area (Å²) in [6.45, 7) is 9.76. The summed E-state index contributed by atoms with van der Waals surface area (Å²) in [5.41, 5.74) is 1.26. The second kappa shape index (κ2) is 5.81. The van der Waals surface area contributed by atoms with E-state index in [-0.39, 0.29) is 0 Å². The molecule has 5 atom stereocenters. The molecule has 1 fully saturated rings. The Morgan fingerprint density at radius 2 is 2.11 bits per heavy atom. The molecule has 0 radical (unpaired) electrons. The van der Waals surface area contributed by atoms with Crippen molar-refractivity contribution < 1.29 is 4.74 Å². The van der Waals surface area contributed by atoms with Crippen molar-refractivity contribution in [1.82, 2.24) is 10.3 Å². The molecule has 1 saturated heterocycles. The number of rotatable bonds is 4. The highest BCUT2D eigenvalue weighted by Crippen LogP contribution is 2.40. The molecule has 5 unspecified atom stereocenters. The fraction of sp³-hybridized carbons (Fsp3) is 0.667. The van der Waals surface area contributed by atoms with Crippen molar-refractivity contribution in [1.29, 1.82) is 0 Å². The monoisotopic (exact) mass is 248 g/mol. The van der Waals surface area contributed by atoms with Crippen LogP contribution in [0.1, 0.15) is 39.3 Å². The third kappa shape index (κ3) is 2.57. The van der Waals surface area contributed by atoms with Crippen LogP contribution in [-0.4, -0.2) is 23.7 Å². The number of hydrogen-bond acceptors (Lipinski definition) is 3. The largest absolute Gasteiger partial charge is 0.375 e. The Morgan fingerprint density at radius 1 is 1.33 bits per heavy atom. The average molecular weight is 248 g/mol. The van der Waals surface area contributed by atoms with Crippen molar-refractivity contribution in [2.24, 2.45) is 11.8 Å². The minimum Gasteiger partial charge on any atom is -0.375 e. The molecule has 1 aromatic rings. The zero-order chi connectivity index (χ0) is 13.1. The highest BCUT2D eigenvalue weighted by molar-refractivity contribution is 5.16. The first-order valence-electron chi connectivity index (χ1n) is 6.94. The Kier molecular flexibility index (Phi) is 4.36. The van der Waals surface area contributed by atoms with Crippen molar-refractivity contribution in [3.8, 4) is 0 Å². The minimum absolute atomic E-state index is 0.291. The second-order valence-electron chi connectivity index (χ2n) is 5.30. The van der Waals surface area contributed by atoms with E-state index in [0.717, 1.165) is 6.54 Å². The maximum atomic E-state index is 5.97. The molecule has 1 aliphatic rings. The van der Waals surface area contributed by atoms with Crippen LogP contribution in [0.3, 0.4) is 0 Å². The van der Waals surface area contributed by atoms with Gasteiger partial charge in [0.2, 0.25) is 0 Å². The fourth-order valence-electron chi connectivity index (χ4n) is 3.12. The van der Waals surface area contributed by atoms with Crippen LogP contribution in [0.4, 0.5) is 0 Å². The number of nitrogens with one attached hydrogen (secondary N) is 1. The lowest BCUT2D eigenvalue weighted by atomic mass is 9.81. The zero-order valence-electron chi connectivity index (χ0n) is 11.8. The van der Waals surface area contributed by atoms with Gasteiger partial charge in [-0.1, -0.05) is 19.9 Å². The molecule has 2 heterocycles. The summed E-state index contributed by atoms with van der Waals surface area (Å²) in [6.07, 6.45) is 4.42. The van der Waals surface area contributed by atoms with Crippen LogP contribution in [0.25, 0.3) is 0 Å². The molecule has 0 spiro atoms. The van der Waals surface area contributed by atoms with Gasteiger partial charge in [-0.05, 0) is 37.9 Å². The summed E-state index contributed by atoms with van der Waals surface area (Å²) in [4.78, 5) is 4.25. The van der Waals surface area contributed by atoms with Gasteiger partial charge in [0.1, 0.15) is 0 Å². The molecule has 18 heavy (non-hydrogen) atoms. The van der Waals surface area contributed by atoms with Crippen LogP contribution in [0.2, 0.25) is 0 Å². The third-order valence-electron chi connectivity index (χ3n) is 4.17. The summed E-state index contributed by atoms with van der Waals surface area (Å²) in [7, 11) is 0. The minimum atomic E-state index is 0.291. The van der Waals surface area contributed by atoms with Crippen molar-refractivity contribution in [3.05, 3.63) is 30.1 Å². The molecule has 0 amide bonds. The van der Waals surface area contributed by atoms with Crippen LogP contribution in [0.5, 0.6) is 0 Å². The number of pyridine rings is 1. The maximum absolute atomic E-state index is 5.97. The van der Waals surface area contributed by atoms with Gasteiger partial charge in [-0.25, -0.2) is 0 Å². The first-order chi connectivity index (χ1) is 8.65. The standard InChI is InChI=1S/C15H24N2O/c1-5-17-15(13-7-6-8-16-9-13)14-10(2)11(3)18-12(14)4/h6-12,14-15,17H,5H2,1-4H3. The number of aromatic nitrogens is 1. The normalized spacial score (nSPS) is 33.6. The van der Waals surface area contributed by atoms with Crippen LogP contribution in [0, 0.1) is 11.8 Å². The van der Waals surface area contributed by atoms with Gasteiger partial charge in [0, 0.05) is 24.4 Å². The predicted octanol–water partition coefficient (Wildman–Crippen LogP) is 2.79. The van der Waals surface area contributed by atoms with Gasteiger partial charge in [-0.2, -0.15) is 0 Å². The Morgan fingerprint density at radius 3 is 2.61 bits per heavy atom. The molecule has 0 aromatic carbocycles. The zero-order valence-corrected chi connectivity index (χ0v) is 11.8. The van der Waals surface area contributed by atoms with Crippen molar-refractivity contribution in [3.63, 3.8) is 0 Å². The van der Waals surface area contributed by atoms with Gasteiger partial charge < -0.3 is 10.1 Å². The highest BCUT2D eigenvalue weighted by Gasteiger charge is 2.41. The summed E-state index contributed by atoms with van der Waals surface area (Å²) in [5, 5.41) is 3.60. The van der Waals surface area contributed by atoms with E-state index in [2.05, 4.69) is 44.1 Å². The van der Waals surface area contributed by atoms with Crippen molar-refractivity contribution in [2.45, 2.75) is 45.9 Å². The van der Waals surface area contributed by atoms with Crippen LogP contribution in [0.15, 0.2) is 24.5 Å². The molecule has 0 saturated carbocycles. The summed E-state index contributed by atoms with van der Waals surface area (Å²) < 4.78 is 5.97. The third-order valence-corrected chi connectivity index (χ3v) is 4.17. The molecule has 3 nitrogen and oxygen atoms in total. The lowest BCUT2D eigenvalue weighted by molar-refractivity contribution is 0.0475. The highest BCUT2D eigenvalue weighted by atomic mass is 16.5. The molecule has 0 bridgehead atoms. The summed E-state index contributed by atoms with van der Waals surface area (Å²) >= 11 is 0. The molecule has 100 valence electrons. The number of nitrogens with zero attached hydrogens (tertiary/aromatic N) is 1. The van der Waals surface area contributed by atoms with E-state index in [0.29, 0.717) is 30.1 Å². The lowest BCUT2D eigenvalue weighted by Crippen LogP contribution is -2.35. The van der Waals surface area contributed by atoms with Crippen molar-refractivity contribution >= 4 is 0 Å². The van der Waals surface area contributed by atoms with Crippen LogP contribution >= 0.6 is 0 Å². The molecule has 0 aliphatic carbocycles. The Labute approximate surface area is 110 Å². The maximum Gasteiger partial charge on any atom is 0.0600 e. The van der Waals surface area contributed by atoms with Crippen molar-refractivity contribution in [2.75, 3.05) is 6.54 Å². The Hall–Kier alpha value is -0.930. The predicted molar refractivity (Wildman–Crippen MR) is 73.3 cm³/mol. The van der Waals surface area contributed by atoms with Crippen LogP contribution in [-0.2, 0) is 4.74 Å². The van der Waals surface area contributed by atoms with Gasteiger partial charge in [0.25, 0.3) is 0 Å². The Bertz CT molecular complexity index is 368. The second-order valence-corrected chi connectivity index (χ2v) is 5.30. The molecular formula is C15H24N2O. The Balaban J connectivity index is 2.25. The molecule has 1 aromatic heterocycles.